The minimum atomic E-state index is -3.87. The standard InChI is InChI=1S/C21H23NO6S/c1-13(2)22-16(20(23)15-8-6-7-9-19(15)29(22,24)25)10-14-11-17(26-3)21(28-5)18(12-14)27-4/h6-13H,1-5H3. The van der Waals surface area contributed by atoms with Crippen LogP contribution in [0.4, 0.5) is 0 Å². The molecule has 154 valence electrons. The number of fused-ring (bicyclic) bond motifs is 1. The molecule has 0 saturated carbocycles. The van der Waals surface area contributed by atoms with Gasteiger partial charge in [-0.1, -0.05) is 12.1 Å². The van der Waals surface area contributed by atoms with E-state index in [2.05, 4.69) is 0 Å². The molecule has 0 amide bonds. The van der Waals surface area contributed by atoms with Crippen LogP contribution >= 0.6 is 0 Å². The smallest absolute Gasteiger partial charge is 0.265 e. The Kier molecular flexibility index (Phi) is 5.57. The van der Waals surface area contributed by atoms with E-state index in [0.29, 0.717) is 22.8 Å². The fourth-order valence-corrected chi connectivity index (χ4v) is 5.23. The van der Waals surface area contributed by atoms with E-state index in [1.165, 1.54) is 39.5 Å². The first kappa shape index (κ1) is 20.7. The van der Waals surface area contributed by atoms with E-state index in [1.807, 2.05) is 0 Å². The van der Waals surface area contributed by atoms with Crippen LogP contribution in [-0.2, 0) is 10.0 Å². The maximum atomic E-state index is 13.2. The lowest BCUT2D eigenvalue weighted by Gasteiger charge is -2.34. The summed E-state index contributed by atoms with van der Waals surface area (Å²) in [5.41, 5.74) is 0.763. The Bertz CT molecular complexity index is 1060. The van der Waals surface area contributed by atoms with Crippen molar-refractivity contribution < 1.29 is 27.4 Å². The topological polar surface area (TPSA) is 82.1 Å². The predicted molar refractivity (Wildman–Crippen MR) is 109 cm³/mol. The minimum absolute atomic E-state index is 0.0146. The zero-order valence-electron chi connectivity index (χ0n) is 16.9. The molecule has 0 saturated heterocycles. The summed E-state index contributed by atoms with van der Waals surface area (Å²) >= 11 is 0. The van der Waals surface area contributed by atoms with Crippen LogP contribution in [-0.4, -0.2) is 45.9 Å². The maximum absolute atomic E-state index is 13.2. The molecule has 1 aliphatic heterocycles. The van der Waals surface area contributed by atoms with E-state index in [1.54, 1.807) is 38.1 Å². The second kappa shape index (κ2) is 7.79. The number of sulfonamides is 1. The van der Waals surface area contributed by atoms with Gasteiger partial charge in [0.2, 0.25) is 11.5 Å². The van der Waals surface area contributed by atoms with Gasteiger partial charge >= 0.3 is 0 Å². The Morgan fingerprint density at radius 3 is 2.07 bits per heavy atom. The summed E-state index contributed by atoms with van der Waals surface area (Å²) in [6, 6.07) is 9.10. The molecule has 2 aromatic carbocycles. The Morgan fingerprint density at radius 2 is 1.55 bits per heavy atom. The fraction of sp³-hybridized carbons (Fsp3) is 0.286. The quantitative estimate of drug-likeness (QED) is 0.694. The summed E-state index contributed by atoms with van der Waals surface area (Å²) in [5.74, 6) is 0.853. The number of carbonyl (C=O) groups excluding carboxylic acids is 1. The van der Waals surface area contributed by atoms with E-state index in [4.69, 9.17) is 14.2 Å². The summed E-state index contributed by atoms with van der Waals surface area (Å²) in [6.07, 6.45) is 1.53. The lowest BCUT2D eigenvalue weighted by Crippen LogP contribution is -2.43. The summed E-state index contributed by atoms with van der Waals surface area (Å²) in [7, 11) is 0.596. The van der Waals surface area contributed by atoms with Crippen molar-refractivity contribution in [1.29, 1.82) is 0 Å². The van der Waals surface area contributed by atoms with Gasteiger partial charge in [0, 0.05) is 11.6 Å². The third-order valence-electron chi connectivity index (χ3n) is 4.60. The van der Waals surface area contributed by atoms with Gasteiger partial charge in [0.15, 0.2) is 11.5 Å². The Morgan fingerprint density at radius 1 is 0.966 bits per heavy atom. The molecule has 0 aliphatic carbocycles. The van der Waals surface area contributed by atoms with Crippen molar-refractivity contribution in [3.8, 4) is 17.2 Å². The number of hydrogen-bond donors (Lipinski definition) is 0. The Hall–Kier alpha value is -3.00. The summed E-state index contributed by atoms with van der Waals surface area (Å²) < 4.78 is 43.6. The van der Waals surface area contributed by atoms with Gasteiger partial charge in [-0.25, -0.2) is 8.42 Å². The van der Waals surface area contributed by atoms with Gasteiger partial charge in [-0.15, -0.1) is 0 Å². The van der Waals surface area contributed by atoms with Crippen molar-refractivity contribution in [1.82, 2.24) is 4.31 Å². The third kappa shape index (κ3) is 3.44. The van der Waals surface area contributed by atoms with E-state index in [9.17, 15) is 13.2 Å². The highest BCUT2D eigenvalue weighted by atomic mass is 32.2. The number of carbonyl (C=O) groups is 1. The molecule has 0 unspecified atom stereocenters. The highest BCUT2D eigenvalue weighted by Crippen LogP contribution is 2.40. The zero-order valence-corrected chi connectivity index (χ0v) is 17.7. The largest absolute Gasteiger partial charge is 0.493 e. The number of rotatable bonds is 5. The molecule has 3 rings (SSSR count). The van der Waals surface area contributed by atoms with Gasteiger partial charge in [0.25, 0.3) is 10.0 Å². The molecule has 2 aromatic rings. The monoisotopic (exact) mass is 417 g/mol. The van der Waals surface area contributed by atoms with Gasteiger partial charge < -0.3 is 14.2 Å². The van der Waals surface area contributed by atoms with Gasteiger partial charge in [0.05, 0.1) is 26.2 Å². The summed E-state index contributed by atoms with van der Waals surface area (Å²) in [5, 5.41) is 0. The van der Waals surface area contributed by atoms with Crippen LogP contribution in [0.2, 0.25) is 0 Å². The van der Waals surface area contributed by atoms with Crippen LogP contribution in [0, 0.1) is 0 Å². The highest BCUT2D eigenvalue weighted by molar-refractivity contribution is 7.89. The van der Waals surface area contributed by atoms with E-state index < -0.39 is 16.1 Å². The fourth-order valence-electron chi connectivity index (χ4n) is 3.38. The van der Waals surface area contributed by atoms with Gasteiger partial charge in [-0.3, -0.25) is 9.10 Å². The van der Waals surface area contributed by atoms with Crippen LogP contribution in [0.3, 0.4) is 0 Å². The molecule has 0 radical (unpaired) electrons. The molecule has 0 aromatic heterocycles. The summed E-state index contributed by atoms with van der Waals surface area (Å²) in [4.78, 5) is 13.2. The first-order valence-electron chi connectivity index (χ1n) is 8.96. The number of Topliss-reactive ketones (excluding diaryl/α,β-unsaturated/α-hetero) is 1. The van der Waals surface area contributed by atoms with Crippen LogP contribution in [0.5, 0.6) is 17.2 Å². The first-order valence-corrected chi connectivity index (χ1v) is 10.4. The lowest BCUT2D eigenvalue weighted by atomic mass is 10.0. The molecule has 0 bridgehead atoms. The van der Waals surface area contributed by atoms with Crippen LogP contribution in [0.15, 0.2) is 47.0 Å². The van der Waals surface area contributed by atoms with E-state index >= 15 is 0 Å². The molecular formula is C21H23NO6S. The molecular weight excluding hydrogens is 394 g/mol. The number of hydrogen-bond acceptors (Lipinski definition) is 6. The number of nitrogens with zero attached hydrogens (tertiary/aromatic N) is 1. The lowest BCUT2D eigenvalue weighted by molar-refractivity contribution is 0.0996. The number of allylic oxidation sites excluding steroid dienone is 1. The van der Waals surface area contributed by atoms with Gasteiger partial charge in [0.1, 0.15) is 5.70 Å². The number of ketones is 1. The maximum Gasteiger partial charge on any atom is 0.265 e. The Balaban J connectivity index is 2.26. The second-order valence-electron chi connectivity index (χ2n) is 6.71. The normalized spacial score (nSPS) is 16.7. The molecule has 8 heteroatoms. The molecule has 0 N–H and O–H groups in total. The molecule has 29 heavy (non-hydrogen) atoms. The summed E-state index contributed by atoms with van der Waals surface area (Å²) in [6.45, 7) is 3.45. The minimum Gasteiger partial charge on any atom is -0.493 e. The SMILES string of the molecule is COc1cc(C=C2C(=O)c3ccccc3S(=O)(=O)N2C(C)C)cc(OC)c1OC. The molecule has 1 heterocycles. The highest BCUT2D eigenvalue weighted by Gasteiger charge is 2.40. The average Bonchev–Trinajstić information content (AvgIpc) is 2.70. The molecule has 0 spiro atoms. The number of ether oxygens (including phenoxy) is 3. The molecule has 0 atom stereocenters. The molecule has 0 fully saturated rings. The number of benzene rings is 2. The zero-order chi connectivity index (χ0) is 21.3. The van der Waals surface area contributed by atoms with Crippen molar-refractivity contribution in [3.63, 3.8) is 0 Å². The second-order valence-corrected chi connectivity index (χ2v) is 8.49. The predicted octanol–water partition coefficient (Wildman–Crippen LogP) is 3.35. The van der Waals surface area contributed by atoms with Crippen LogP contribution < -0.4 is 14.2 Å². The van der Waals surface area contributed by atoms with Crippen molar-refractivity contribution >= 4 is 21.9 Å². The molecule has 7 nitrogen and oxygen atoms in total. The van der Waals surface area contributed by atoms with Crippen LogP contribution in [0.25, 0.3) is 6.08 Å². The van der Waals surface area contributed by atoms with Crippen LogP contribution in [0.1, 0.15) is 29.8 Å². The van der Waals surface area contributed by atoms with Crippen molar-refractivity contribution in [2.45, 2.75) is 24.8 Å². The van der Waals surface area contributed by atoms with Crippen molar-refractivity contribution in [2.75, 3.05) is 21.3 Å². The van der Waals surface area contributed by atoms with Crippen molar-refractivity contribution in [2.24, 2.45) is 0 Å². The van der Waals surface area contributed by atoms with Gasteiger partial charge in [-0.05, 0) is 49.8 Å². The number of methoxy groups -OCH3 is 3. The van der Waals surface area contributed by atoms with Gasteiger partial charge in [-0.2, -0.15) is 0 Å². The third-order valence-corrected chi connectivity index (χ3v) is 6.65. The Labute approximate surface area is 170 Å². The van der Waals surface area contributed by atoms with Crippen molar-refractivity contribution in [3.05, 3.63) is 53.2 Å². The molecule has 1 aliphatic rings. The first-order chi connectivity index (χ1) is 13.8. The van der Waals surface area contributed by atoms with E-state index in [-0.39, 0.29) is 21.9 Å². The van der Waals surface area contributed by atoms with E-state index in [0.717, 1.165) is 4.31 Å². The average molecular weight is 417 g/mol.